The van der Waals surface area contributed by atoms with E-state index < -0.39 is 5.97 Å². The lowest BCUT2D eigenvalue weighted by Crippen LogP contribution is -2.12. The van der Waals surface area contributed by atoms with Crippen LogP contribution in [0, 0.1) is 11.7 Å². The van der Waals surface area contributed by atoms with Crippen molar-refractivity contribution in [1.29, 1.82) is 0 Å². The third-order valence-electron chi connectivity index (χ3n) is 6.14. The minimum Gasteiger partial charge on any atom is -0.481 e. The van der Waals surface area contributed by atoms with Crippen molar-refractivity contribution in [1.82, 2.24) is 4.57 Å². The van der Waals surface area contributed by atoms with Crippen LogP contribution in [0.25, 0.3) is 10.9 Å². The highest BCUT2D eigenvalue weighted by atomic mass is 35.5. The molecule has 0 saturated heterocycles. The zero-order valence-electron chi connectivity index (χ0n) is 19.2. The zero-order chi connectivity index (χ0) is 24.0. The molecule has 2 aromatic carbocycles. The Bertz CT molecular complexity index is 1140. The van der Waals surface area contributed by atoms with Crippen LogP contribution in [-0.2, 0) is 24.7 Å². The number of hydrogen-bond acceptors (Lipinski definition) is 2. The number of aryl methyl sites for hydroxylation is 2. The van der Waals surface area contributed by atoms with Gasteiger partial charge < -0.3 is 9.67 Å². The molecule has 6 heteroatoms. The first-order chi connectivity index (χ1) is 15.8. The average molecular weight is 472 g/mol. The summed E-state index contributed by atoms with van der Waals surface area (Å²) < 4.78 is 15.4. The largest absolute Gasteiger partial charge is 0.481 e. The lowest BCUT2D eigenvalue weighted by atomic mass is 9.94. The Morgan fingerprint density at radius 2 is 1.76 bits per heavy atom. The molecule has 3 aromatic rings. The smallest absolute Gasteiger partial charge is 0.303 e. The minimum atomic E-state index is -0.894. The number of nitrogens with zero attached hydrogens (tertiary/aromatic N) is 1. The molecular weight excluding hydrogens is 441 g/mol. The number of ketones is 1. The number of carboxylic acids is 1. The molecule has 0 bridgehead atoms. The third kappa shape index (κ3) is 6.67. The van der Waals surface area contributed by atoms with Crippen LogP contribution in [0.5, 0.6) is 0 Å². The number of carbonyl (C=O) groups is 2. The van der Waals surface area contributed by atoms with Gasteiger partial charge in [-0.15, -0.1) is 0 Å². The van der Waals surface area contributed by atoms with Gasteiger partial charge in [-0.25, -0.2) is 4.39 Å². The number of Topliss-reactive ketones (excluding diaryl/α,β-unsaturated/α-hetero) is 1. The van der Waals surface area contributed by atoms with Crippen molar-refractivity contribution >= 4 is 34.3 Å². The van der Waals surface area contributed by atoms with E-state index in [-0.39, 0.29) is 30.4 Å². The van der Waals surface area contributed by atoms with Gasteiger partial charge in [0.05, 0.1) is 0 Å². The number of carboxylic acid groups (broad SMARTS) is 1. The molecule has 0 aliphatic carbocycles. The van der Waals surface area contributed by atoms with Crippen molar-refractivity contribution in [3.63, 3.8) is 0 Å². The molecule has 0 saturated carbocycles. The van der Waals surface area contributed by atoms with E-state index in [1.54, 1.807) is 19.1 Å². The van der Waals surface area contributed by atoms with Crippen LogP contribution in [0.4, 0.5) is 4.39 Å². The van der Waals surface area contributed by atoms with E-state index in [9.17, 15) is 14.0 Å². The van der Waals surface area contributed by atoms with Crippen LogP contribution in [0.2, 0.25) is 5.02 Å². The maximum absolute atomic E-state index is 13.3. The molecule has 33 heavy (non-hydrogen) atoms. The number of benzene rings is 2. The van der Waals surface area contributed by atoms with Crippen molar-refractivity contribution in [2.45, 2.75) is 58.3 Å². The SMILES string of the molecule is C[C@@H](CC(=O)O)CC(=O)c1c(CCCCCCc2cccc(F)c2)n(C)c2ccc(Cl)cc12. The van der Waals surface area contributed by atoms with E-state index in [4.69, 9.17) is 16.7 Å². The molecule has 176 valence electrons. The summed E-state index contributed by atoms with van der Waals surface area (Å²) in [4.78, 5) is 24.3. The van der Waals surface area contributed by atoms with Crippen LogP contribution in [-0.4, -0.2) is 21.4 Å². The number of unbranched alkanes of at least 4 members (excludes halogenated alkanes) is 3. The van der Waals surface area contributed by atoms with E-state index in [2.05, 4.69) is 4.57 Å². The maximum atomic E-state index is 13.3. The molecule has 0 radical (unpaired) electrons. The fraction of sp³-hybridized carbons (Fsp3) is 0.407. The standard InChI is InChI=1S/C27H31ClFNO3/c1-18(15-26(32)33)14-25(31)27-22-17-20(28)12-13-23(22)30(2)24(27)11-6-4-3-5-8-19-9-7-10-21(29)16-19/h7,9-10,12-13,16-18H,3-6,8,11,14-15H2,1-2H3,(H,32,33)/t18-/m1/s1. The number of aromatic nitrogens is 1. The van der Waals surface area contributed by atoms with E-state index in [0.29, 0.717) is 10.6 Å². The van der Waals surface area contributed by atoms with Gasteiger partial charge in [-0.3, -0.25) is 9.59 Å². The first-order valence-electron chi connectivity index (χ1n) is 11.5. The number of halogens is 2. The first kappa shape index (κ1) is 25.0. The monoisotopic (exact) mass is 471 g/mol. The highest BCUT2D eigenvalue weighted by Crippen LogP contribution is 2.31. The van der Waals surface area contributed by atoms with Gasteiger partial charge in [0.15, 0.2) is 5.78 Å². The molecule has 0 aliphatic heterocycles. The predicted octanol–water partition coefficient (Wildman–Crippen LogP) is 7.00. The van der Waals surface area contributed by atoms with Crippen LogP contribution >= 0.6 is 11.6 Å². The molecule has 1 aromatic heterocycles. The Kier molecular flexibility index (Phi) is 8.67. The molecule has 1 N–H and O–H groups in total. The Morgan fingerprint density at radius 1 is 1.03 bits per heavy atom. The number of aliphatic carboxylic acids is 1. The molecule has 1 heterocycles. The Hall–Kier alpha value is -2.66. The molecule has 0 fully saturated rings. The fourth-order valence-corrected chi connectivity index (χ4v) is 4.70. The maximum Gasteiger partial charge on any atom is 0.303 e. The zero-order valence-corrected chi connectivity index (χ0v) is 20.0. The lowest BCUT2D eigenvalue weighted by molar-refractivity contribution is -0.137. The van der Waals surface area contributed by atoms with E-state index in [1.807, 2.05) is 31.3 Å². The van der Waals surface area contributed by atoms with Gasteiger partial charge in [0.2, 0.25) is 0 Å². The molecule has 4 nitrogen and oxygen atoms in total. The Morgan fingerprint density at radius 3 is 2.45 bits per heavy atom. The number of hydrogen-bond donors (Lipinski definition) is 1. The molecule has 0 amide bonds. The lowest BCUT2D eigenvalue weighted by Gasteiger charge is -2.11. The van der Waals surface area contributed by atoms with Gasteiger partial charge in [-0.2, -0.15) is 0 Å². The van der Waals surface area contributed by atoms with Crippen LogP contribution < -0.4 is 0 Å². The van der Waals surface area contributed by atoms with Crippen molar-refractivity contribution < 1.29 is 19.1 Å². The highest BCUT2D eigenvalue weighted by Gasteiger charge is 2.23. The van der Waals surface area contributed by atoms with Gasteiger partial charge in [0, 0.05) is 47.1 Å². The minimum absolute atomic E-state index is 0.0299. The normalized spacial score (nSPS) is 12.2. The Labute approximate surface area is 199 Å². The summed E-state index contributed by atoms with van der Waals surface area (Å²) in [6.07, 6.45) is 5.76. The summed E-state index contributed by atoms with van der Waals surface area (Å²) in [5.41, 5.74) is 3.62. The number of carbonyl (C=O) groups excluding carboxylic acids is 1. The first-order valence-corrected chi connectivity index (χ1v) is 11.9. The van der Waals surface area contributed by atoms with Crippen molar-refractivity contribution in [3.8, 4) is 0 Å². The summed E-state index contributed by atoms with van der Waals surface area (Å²) in [5, 5.41) is 10.5. The Balaban J connectivity index is 1.68. The summed E-state index contributed by atoms with van der Waals surface area (Å²) in [7, 11) is 1.97. The van der Waals surface area contributed by atoms with Gasteiger partial charge in [0.25, 0.3) is 0 Å². The molecule has 1 atom stereocenters. The summed E-state index contributed by atoms with van der Waals surface area (Å²) in [6, 6.07) is 12.3. The summed E-state index contributed by atoms with van der Waals surface area (Å²) in [5.74, 6) is -1.36. The molecule has 3 rings (SSSR count). The van der Waals surface area contributed by atoms with Crippen molar-refractivity contribution in [2.75, 3.05) is 0 Å². The molecular formula is C27H31ClFNO3. The third-order valence-corrected chi connectivity index (χ3v) is 6.37. The van der Waals surface area contributed by atoms with Crippen LogP contribution in [0.15, 0.2) is 42.5 Å². The summed E-state index contributed by atoms with van der Waals surface area (Å²) in [6.45, 7) is 1.79. The van der Waals surface area contributed by atoms with Crippen LogP contribution in [0.1, 0.15) is 67.1 Å². The van der Waals surface area contributed by atoms with E-state index >= 15 is 0 Å². The fourth-order valence-electron chi connectivity index (χ4n) is 4.53. The van der Waals surface area contributed by atoms with Crippen molar-refractivity contribution in [3.05, 3.63) is 70.1 Å². The van der Waals surface area contributed by atoms with Gasteiger partial charge in [0.1, 0.15) is 5.82 Å². The van der Waals surface area contributed by atoms with E-state index in [0.717, 1.165) is 60.7 Å². The van der Waals surface area contributed by atoms with E-state index in [1.165, 1.54) is 6.07 Å². The van der Waals surface area contributed by atoms with Gasteiger partial charge >= 0.3 is 5.97 Å². The second-order valence-corrected chi connectivity index (χ2v) is 9.35. The van der Waals surface area contributed by atoms with Crippen LogP contribution in [0.3, 0.4) is 0 Å². The average Bonchev–Trinajstić information content (AvgIpc) is 3.01. The molecule has 0 unspecified atom stereocenters. The summed E-state index contributed by atoms with van der Waals surface area (Å²) >= 11 is 6.23. The second kappa shape index (κ2) is 11.5. The molecule has 0 spiro atoms. The number of fused-ring (bicyclic) bond motifs is 1. The topological polar surface area (TPSA) is 59.3 Å². The highest BCUT2D eigenvalue weighted by molar-refractivity contribution is 6.31. The van der Waals surface area contributed by atoms with Gasteiger partial charge in [-0.1, -0.05) is 43.5 Å². The predicted molar refractivity (Wildman–Crippen MR) is 131 cm³/mol. The van der Waals surface area contributed by atoms with Gasteiger partial charge in [-0.05, 0) is 67.5 Å². The number of rotatable bonds is 12. The molecule has 0 aliphatic rings. The quantitative estimate of drug-likeness (QED) is 0.228. The van der Waals surface area contributed by atoms with Crippen molar-refractivity contribution in [2.24, 2.45) is 13.0 Å². The second-order valence-electron chi connectivity index (χ2n) is 8.92.